The van der Waals surface area contributed by atoms with Gasteiger partial charge in [0.25, 0.3) is 5.56 Å². The number of carbonyl (C=O) groups is 3. The number of nitrogens with zero attached hydrogens (tertiary/aromatic N) is 1. The van der Waals surface area contributed by atoms with Gasteiger partial charge in [0.15, 0.2) is 5.78 Å². The summed E-state index contributed by atoms with van der Waals surface area (Å²) in [7, 11) is 2.53. The number of Topliss-reactive ketones (excluding diaryl/α,β-unsaturated/α-hetero) is 1. The third-order valence-electron chi connectivity index (χ3n) is 5.58. The van der Waals surface area contributed by atoms with Gasteiger partial charge in [0.1, 0.15) is 17.6 Å². The Hall–Kier alpha value is -3.98. The van der Waals surface area contributed by atoms with E-state index in [0.717, 1.165) is 13.2 Å². The SMILES string of the molecule is CC[C@@H](C(=O)Nc1ccc(C(=O)OC)c(F)c1)n1cc(OC)c(-c2cc(Cl)ccc2C(C)=O)cc1=O. The van der Waals surface area contributed by atoms with Crippen LogP contribution in [0.15, 0.2) is 53.5 Å². The number of hydrogen-bond donors (Lipinski definition) is 1. The maximum Gasteiger partial charge on any atom is 0.340 e. The first-order valence-corrected chi connectivity index (χ1v) is 11.3. The monoisotopic (exact) mass is 514 g/mol. The number of benzene rings is 2. The Balaban J connectivity index is 2.00. The van der Waals surface area contributed by atoms with Crippen molar-refractivity contribution in [1.82, 2.24) is 4.57 Å². The zero-order valence-electron chi connectivity index (χ0n) is 20.1. The van der Waals surface area contributed by atoms with Gasteiger partial charge in [-0.2, -0.15) is 0 Å². The first kappa shape index (κ1) is 26.6. The van der Waals surface area contributed by atoms with Crippen LogP contribution in [0.2, 0.25) is 5.02 Å². The summed E-state index contributed by atoms with van der Waals surface area (Å²) in [4.78, 5) is 49.9. The van der Waals surface area contributed by atoms with E-state index in [1.807, 2.05) is 0 Å². The minimum atomic E-state index is -0.963. The van der Waals surface area contributed by atoms with E-state index in [4.69, 9.17) is 16.3 Å². The predicted octanol–water partition coefficient (Wildman–Crippen LogP) is 4.90. The maximum absolute atomic E-state index is 14.3. The Morgan fingerprint density at radius 3 is 2.33 bits per heavy atom. The zero-order chi connectivity index (χ0) is 26.6. The van der Waals surface area contributed by atoms with Crippen molar-refractivity contribution in [3.63, 3.8) is 0 Å². The van der Waals surface area contributed by atoms with Crippen molar-refractivity contribution >= 4 is 34.9 Å². The highest BCUT2D eigenvalue weighted by Gasteiger charge is 2.24. The summed E-state index contributed by atoms with van der Waals surface area (Å²) in [5.41, 5.74) is 0.443. The Morgan fingerprint density at radius 2 is 1.75 bits per heavy atom. The van der Waals surface area contributed by atoms with Crippen molar-refractivity contribution in [2.24, 2.45) is 0 Å². The number of pyridine rings is 1. The van der Waals surface area contributed by atoms with Crippen LogP contribution >= 0.6 is 11.6 Å². The molecule has 36 heavy (non-hydrogen) atoms. The second kappa shape index (κ2) is 11.2. The summed E-state index contributed by atoms with van der Waals surface area (Å²) < 4.78 is 25.5. The number of aromatic nitrogens is 1. The average Bonchev–Trinajstić information content (AvgIpc) is 2.84. The zero-order valence-corrected chi connectivity index (χ0v) is 20.8. The van der Waals surface area contributed by atoms with Crippen LogP contribution in [0.3, 0.4) is 0 Å². The Morgan fingerprint density at radius 1 is 1.06 bits per heavy atom. The second-order valence-corrected chi connectivity index (χ2v) is 8.28. The van der Waals surface area contributed by atoms with Crippen LogP contribution in [-0.2, 0) is 9.53 Å². The number of nitrogens with one attached hydrogen (secondary N) is 1. The third-order valence-corrected chi connectivity index (χ3v) is 5.82. The van der Waals surface area contributed by atoms with Gasteiger partial charge < -0.3 is 14.8 Å². The molecule has 0 fully saturated rings. The Kier molecular flexibility index (Phi) is 8.26. The molecule has 0 bridgehead atoms. The summed E-state index contributed by atoms with van der Waals surface area (Å²) in [6, 6.07) is 8.56. The summed E-state index contributed by atoms with van der Waals surface area (Å²) in [6.45, 7) is 3.11. The smallest absolute Gasteiger partial charge is 0.340 e. The molecule has 8 nitrogen and oxygen atoms in total. The number of anilines is 1. The van der Waals surface area contributed by atoms with E-state index in [0.29, 0.717) is 21.7 Å². The van der Waals surface area contributed by atoms with Gasteiger partial charge in [-0.1, -0.05) is 18.5 Å². The van der Waals surface area contributed by atoms with E-state index in [9.17, 15) is 23.6 Å². The van der Waals surface area contributed by atoms with Gasteiger partial charge in [0.05, 0.1) is 26.0 Å². The van der Waals surface area contributed by atoms with E-state index in [1.165, 1.54) is 43.0 Å². The summed E-state index contributed by atoms with van der Waals surface area (Å²) in [6.07, 6.45) is 1.62. The number of methoxy groups -OCH3 is 2. The molecule has 10 heteroatoms. The van der Waals surface area contributed by atoms with Crippen LogP contribution in [0.5, 0.6) is 5.75 Å². The fourth-order valence-electron chi connectivity index (χ4n) is 3.79. The molecule has 2 aromatic carbocycles. The number of carbonyl (C=O) groups excluding carboxylic acids is 3. The molecule has 1 N–H and O–H groups in total. The van der Waals surface area contributed by atoms with Gasteiger partial charge in [-0.3, -0.25) is 19.0 Å². The van der Waals surface area contributed by atoms with Gasteiger partial charge in [-0.05, 0) is 55.3 Å². The van der Waals surface area contributed by atoms with Crippen LogP contribution in [0.1, 0.15) is 47.0 Å². The molecule has 1 aromatic heterocycles. The molecule has 0 saturated carbocycles. The number of ketones is 1. The van der Waals surface area contributed by atoms with Crippen molar-refractivity contribution in [1.29, 1.82) is 0 Å². The lowest BCUT2D eigenvalue weighted by molar-refractivity contribution is -0.119. The third kappa shape index (κ3) is 5.46. The molecule has 0 radical (unpaired) electrons. The lowest BCUT2D eigenvalue weighted by Crippen LogP contribution is -2.32. The molecule has 0 aliphatic heterocycles. The highest BCUT2D eigenvalue weighted by Crippen LogP contribution is 2.34. The van der Waals surface area contributed by atoms with E-state index in [2.05, 4.69) is 10.1 Å². The molecule has 1 amide bonds. The van der Waals surface area contributed by atoms with E-state index >= 15 is 0 Å². The molecule has 0 aliphatic rings. The number of rotatable bonds is 8. The van der Waals surface area contributed by atoms with Crippen LogP contribution in [0, 0.1) is 5.82 Å². The van der Waals surface area contributed by atoms with Gasteiger partial charge in [-0.25, -0.2) is 9.18 Å². The predicted molar refractivity (Wildman–Crippen MR) is 133 cm³/mol. The topological polar surface area (TPSA) is 104 Å². The number of ether oxygens (including phenoxy) is 2. The first-order valence-electron chi connectivity index (χ1n) is 10.9. The van der Waals surface area contributed by atoms with Crippen molar-refractivity contribution in [3.05, 3.63) is 81.0 Å². The van der Waals surface area contributed by atoms with Crippen molar-refractivity contribution < 1.29 is 28.2 Å². The number of hydrogen-bond acceptors (Lipinski definition) is 6. The van der Waals surface area contributed by atoms with Crippen LogP contribution in [0.4, 0.5) is 10.1 Å². The van der Waals surface area contributed by atoms with E-state index < -0.39 is 29.3 Å². The molecule has 1 atom stereocenters. The quantitative estimate of drug-likeness (QED) is 0.339. The first-order chi connectivity index (χ1) is 17.1. The van der Waals surface area contributed by atoms with Crippen molar-refractivity contribution in [2.75, 3.05) is 19.5 Å². The minimum absolute atomic E-state index is 0.102. The summed E-state index contributed by atoms with van der Waals surface area (Å²) in [5, 5.41) is 2.94. The second-order valence-electron chi connectivity index (χ2n) is 7.85. The molecular weight excluding hydrogens is 491 g/mol. The van der Waals surface area contributed by atoms with Crippen molar-refractivity contribution in [3.8, 4) is 16.9 Å². The normalized spacial score (nSPS) is 11.5. The van der Waals surface area contributed by atoms with E-state index in [-0.39, 0.29) is 29.2 Å². The van der Waals surface area contributed by atoms with Gasteiger partial charge in [0, 0.05) is 27.9 Å². The lowest BCUT2D eigenvalue weighted by Gasteiger charge is -2.20. The summed E-state index contributed by atoms with van der Waals surface area (Å²) >= 11 is 6.14. The van der Waals surface area contributed by atoms with Crippen LogP contribution in [0.25, 0.3) is 11.1 Å². The van der Waals surface area contributed by atoms with Crippen molar-refractivity contribution in [2.45, 2.75) is 26.3 Å². The lowest BCUT2D eigenvalue weighted by atomic mass is 9.97. The molecular formula is C26H24ClFN2O6. The highest BCUT2D eigenvalue weighted by molar-refractivity contribution is 6.31. The summed E-state index contributed by atoms with van der Waals surface area (Å²) in [5.74, 6) is -2.25. The average molecular weight is 515 g/mol. The molecule has 0 saturated heterocycles. The number of esters is 1. The molecule has 188 valence electrons. The van der Waals surface area contributed by atoms with Crippen LogP contribution < -0.4 is 15.6 Å². The molecule has 0 aliphatic carbocycles. The molecule has 1 heterocycles. The molecule has 3 rings (SSSR count). The Labute approximate surface area is 211 Å². The van der Waals surface area contributed by atoms with Gasteiger partial charge in [0.2, 0.25) is 5.91 Å². The maximum atomic E-state index is 14.3. The number of halogens is 2. The van der Waals surface area contributed by atoms with Gasteiger partial charge >= 0.3 is 5.97 Å². The fourth-order valence-corrected chi connectivity index (χ4v) is 3.97. The fraction of sp³-hybridized carbons (Fsp3) is 0.231. The highest BCUT2D eigenvalue weighted by atomic mass is 35.5. The largest absolute Gasteiger partial charge is 0.495 e. The molecule has 0 spiro atoms. The number of amides is 1. The molecule has 3 aromatic rings. The standard InChI is InChI=1S/C26H24ClFN2O6/c1-5-22(25(33)29-16-7-9-18(21(28)11-16)26(34)36-4)30-13-23(35-3)20(12-24(30)32)19-10-15(27)6-8-17(19)14(2)31/h6-13,22H,5H2,1-4H3,(H,29,33)/t22-/m0/s1. The molecule has 0 unspecified atom stereocenters. The Bertz CT molecular complexity index is 1400. The van der Waals surface area contributed by atoms with E-state index in [1.54, 1.807) is 25.1 Å². The van der Waals surface area contributed by atoms with Crippen LogP contribution in [-0.4, -0.2) is 36.4 Å². The van der Waals surface area contributed by atoms with Gasteiger partial charge in [-0.15, -0.1) is 0 Å². The minimum Gasteiger partial charge on any atom is -0.495 e.